The van der Waals surface area contributed by atoms with Gasteiger partial charge in [0.25, 0.3) is 0 Å². The summed E-state index contributed by atoms with van der Waals surface area (Å²) in [6.45, 7) is 3.59. The van der Waals surface area contributed by atoms with Crippen molar-refractivity contribution in [3.05, 3.63) is 65.2 Å². The molecule has 1 fully saturated rings. The second kappa shape index (κ2) is 6.96. The lowest BCUT2D eigenvalue weighted by molar-refractivity contribution is 0.148. The summed E-state index contributed by atoms with van der Waals surface area (Å²) in [6.07, 6.45) is 0. The lowest BCUT2D eigenvalue weighted by Gasteiger charge is -2.39. The fraction of sp³-hybridized carbons (Fsp3) is 0.316. The Bertz CT molecular complexity index is 884. The third-order valence-corrected chi connectivity index (χ3v) is 6.57. The van der Waals surface area contributed by atoms with E-state index in [0.717, 1.165) is 5.56 Å². The minimum atomic E-state index is -3.56. The summed E-state index contributed by atoms with van der Waals surface area (Å²) in [7, 11) is -1.54. The van der Waals surface area contributed by atoms with E-state index in [9.17, 15) is 8.42 Å². The molecule has 1 atom stereocenters. The number of nitrogens with zero attached hydrogens (tertiary/aromatic N) is 3. The topological polar surface area (TPSA) is 64.4 Å². The van der Waals surface area contributed by atoms with Crippen LogP contribution in [-0.4, -0.2) is 44.3 Å². The molecule has 2 aromatic carbocycles. The van der Waals surface area contributed by atoms with Crippen molar-refractivity contribution in [2.75, 3.05) is 26.7 Å². The summed E-state index contributed by atoms with van der Waals surface area (Å²) < 4.78 is 27.4. The van der Waals surface area contributed by atoms with E-state index in [1.54, 1.807) is 16.4 Å². The average molecular weight is 355 g/mol. The smallest absolute Gasteiger partial charge is 0.243 e. The Morgan fingerprint density at radius 1 is 1.04 bits per heavy atom. The lowest BCUT2D eigenvalue weighted by atomic mass is 10.0. The van der Waals surface area contributed by atoms with Gasteiger partial charge in [-0.3, -0.25) is 4.90 Å². The van der Waals surface area contributed by atoms with Crippen LogP contribution in [0.15, 0.2) is 53.4 Å². The van der Waals surface area contributed by atoms with Crippen LogP contribution >= 0.6 is 0 Å². The first-order chi connectivity index (χ1) is 11.9. The number of nitriles is 1. The minimum Gasteiger partial charge on any atom is -0.297 e. The van der Waals surface area contributed by atoms with E-state index in [-0.39, 0.29) is 10.9 Å². The maximum atomic E-state index is 12.9. The van der Waals surface area contributed by atoms with Crippen molar-refractivity contribution >= 4 is 10.0 Å². The van der Waals surface area contributed by atoms with Crippen LogP contribution in [0, 0.1) is 18.3 Å². The van der Waals surface area contributed by atoms with Crippen molar-refractivity contribution in [3.8, 4) is 6.07 Å². The maximum absolute atomic E-state index is 12.9. The molecule has 0 N–H and O–H groups in total. The fourth-order valence-electron chi connectivity index (χ4n) is 3.07. The highest BCUT2D eigenvalue weighted by Gasteiger charge is 2.33. The summed E-state index contributed by atoms with van der Waals surface area (Å²) >= 11 is 0. The summed E-state index contributed by atoms with van der Waals surface area (Å²) in [4.78, 5) is 2.42. The predicted octanol–water partition coefficient (Wildman–Crippen LogP) is 2.54. The summed E-state index contributed by atoms with van der Waals surface area (Å²) in [5.41, 5.74) is 2.76. The van der Waals surface area contributed by atoms with Crippen molar-refractivity contribution in [2.45, 2.75) is 17.9 Å². The molecule has 0 unspecified atom stereocenters. The van der Waals surface area contributed by atoms with Crippen LogP contribution in [0.1, 0.15) is 22.7 Å². The first-order valence-electron chi connectivity index (χ1n) is 8.19. The Labute approximate surface area is 149 Å². The number of rotatable bonds is 3. The average Bonchev–Trinajstić information content (AvgIpc) is 2.63. The van der Waals surface area contributed by atoms with E-state index < -0.39 is 10.0 Å². The standard InChI is InChI=1S/C19H21N3O2S/c1-15-3-7-17(8-4-15)19-14-22(12-11-21(19)2)25(23,24)18-9-5-16(13-20)6-10-18/h3-10,19H,11-12,14H2,1-2H3/t19-/m1/s1. The molecule has 1 aliphatic rings. The normalized spacial score (nSPS) is 19.5. The third-order valence-electron chi connectivity index (χ3n) is 4.69. The number of hydrogen-bond acceptors (Lipinski definition) is 4. The predicted molar refractivity (Wildman–Crippen MR) is 96.5 cm³/mol. The van der Waals surface area contributed by atoms with Gasteiger partial charge in [-0.25, -0.2) is 8.42 Å². The Morgan fingerprint density at radius 2 is 1.68 bits per heavy atom. The Balaban J connectivity index is 1.86. The van der Waals surface area contributed by atoms with Gasteiger partial charge in [-0.15, -0.1) is 0 Å². The number of hydrogen-bond donors (Lipinski definition) is 0. The SMILES string of the molecule is Cc1ccc([C@H]2CN(S(=O)(=O)c3ccc(C#N)cc3)CCN2C)cc1. The van der Waals surface area contributed by atoms with E-state index >= 15 is 0 Å². The van der Waals surface area contributed by atoms with Crippen LogP contribution in [0.2, 0.25) is 0 Å². The second-order valence-electron chi connectivity index (χ2n) is 6.41. The van der Waals surface area contributed by atoms with Crippen LogP contribution in [0.4, 0.5) is 0 Å². The third kappa shape index (κ3) is 3.59. The molecule has 1 heterocycles. The number of sulfonamides is 1. The zero-order valence-electron chi connectivity index (χ0n) is 14.4. The molecule has 6 heteroatoms. The molecular weight excluding hydrogens is 334 g/mol. The van der Waals surface area contributed by atoms with Gasteiger partial charge in [0.2, 0.25) is 10.0 Å². The molecule has 0 aromatic heterocycles. The van der Waals surface area contributed by atoms with Crippen LogP contribution < -0.4 is 0 Å². The lowest BCUT2D eigenvalue weighted by Crippen LogP contribution is -2.48. The minimum absolute atomic E-state index is 0.0301. The first-order valence-corrected chi connectivity index (χ1v) is 9.63. The number of aryl methyl sites for hydroxylation is 1. The highest BCUT2D eigenvalue weighted by atomic mass is 32.2. The van der Waals surface area contributed by atoms with Gasteiger partial charge in [0.1, 0.15) is 0 Å². The molecule has 3 rings (SSSR count). The molecule has 0 radical (unpaired) electrons. The first kappa shape index (κ1) is 17.6. The van der Waals surface area contributed by atoms with Gasteiger partial charge in [-0.1, -0.05) is 29.8 Å². The van der Waals surface area contributed by atoms with Crippen LogP contribution in [0.25, 0.3) is 0 Å². The molecule has 1 saturated heterocycles. The molecule has 0 saturated carbocycles. The van der Waals surface area contributed by atoms with E-state index in [4.69, 9.17) is 5.26 Å². The maximum Gasteiger partial charge on any atom is 0.243 e. The van der Waals surface area contributed by atoms with Gasteiger partial charge in [-0.05, 0) is 43.8 Å². The number of likely N-dealkylation sites (N-methyl/N-ethyl adjacent to an activating group) is 1. The number of benzene rings is 2. The van der Waals surface area contributed by atoms with Crippen LogP contribution in [0.3, 0.4) is 0 Å². The van der Waals surface area contributed by atoms with E-state index in [1.807, 2.05) is 20.0 Å². The summed E-state index contributed by atoms with van der Waals surface area (Å²) in [6, 6.07) is 16.4. The molecule has 0 aliphatic carbocycles. The van der Waals surface area contributed by atoms with Gasteiger partial charge in [0.05, 0.1) is 16.5 Å². The summed E-state index contributed by atoms with van der Waals surface area (Å²) in [5, 5.41) is 8.87. The number of piperazine rings is 1. The monoisotopic (exact) mass is 355 g/mol. The molecule has 0 bridgehead atoms. The van der Waals surface area contributed by atoms with Crippen molar-refractivity contribution in [3.63, 3.8) is 0 Å². The van der Waals surface area contributed by atoms with Crippen LogP contribution in [0.5, 0.6) is 0 Å². The van der Waals surface area contributed by atoms with Crippen molar-refractivity contribution in [1.82, 2.24) is 9.21 Å². The highest BCUT2D eigenvalue weighted by Crippen LogP contribution is 2.28. The molecule has 2 aromatic rings. The Kier molecular flexibility index (Phi) is 4.91. The van der Waals surface area contributed by atoms with E-state index in [2.05, 4.69) is 29.2 Å². The van der Waals surface area contributed by atoms with E-state index in [0.29, 0.717) is 25.2 Å². The van der Waals surface area contributed by atoms with Crippen molar-refractivity contribution in [1.29, 1.82) is 5.26 Å². The van der Waals surface area contributed by atoms with Gasteiger partial charge in [-0.2, -0.15) is 9.57 Å². The largest absolute Gasteiger partial charge is 0.297 e. The van der Waals surface area contributed by atoms with Gasteiger partial charge >= 0.3 is 0 Å². The van der Waals surface area contributed by atoms with E-state index in [1.165, 1.54) is 17.7 Å². The van der Waals surface area contributed by atoms with Gasteiger partial charge in [0.15, 0.2) is 0 Å². The molecule has 1 aliphatic heterocycles. The summed E-state index contributed by atoms with van der Waals surface area (Å²) in [5.74, 6) is 0. The van der Waals surface area contributed by atoms with Crippen LogP contribution in [-0.2, 0) is 10.0 Å². The Morgan fingerprint density at radius 3 is 2.28 bits per heavy atom. The van der Waals surface area contributed by atoms with Crippen molar-refractivity contribution in [2.24, 2.45) is 0 Å². The molecular formula is C19H21N3O2S. The molecule has 0 amide bonds. The molecule has 25 heavy (non-hydrogen) atoms. The second-order valence-corrected chi connectivity index (χ2v) is 8.34. The molecule has 130 valence electrons. The zero-order valence-corrected chi connectivity index (χ0v) is 15.2. The van der Waals surface area contributed by atoms with Gasteiger partial charge < -0.3 is 0 Å². The highest BCUT2D eigenvalue weighted by molar-refractivity contribution is 7.89. The quantitative estimate of drug-likeness (QED) is 0.849. The van der Waals surface area contributed by atoms with Crippen molar-refractivity contribution < 1.29 is 8.42 Å². The molecule has 5 nitrogen and oxygen atoms in total. The van der Waals surface area contributed by atoms with Gasteiger partial charge in [0, 0.05) is 25.7 Å². The fourth-order valence-corrected chi connectivity index (χ4v) is 4.50. The zero-order chi connectivity index (χ0) is 18.0. The Hall–Kier alpha value is -2.20. The molecule has 0 spiro atoms.